The third-order valence-corrected chi connectivity index (χ3v) is 3.79. The van der Waals surface area contributed by atoms with E-state index in [4.69, 9.17) is 22.1 Å². The van der Waals surface area contributed by atoms with Crippen molar-refractivity contribution < 1.29 is 9.13 Å². The fraction of sp³-hybridized carbons (Fsp3) is 0.143. The number of halogens is 3. The second-order valence-corrected chi connectivity index (χ2v) is 5.31. The summed E-state index contributed by atoms with van der Waals surface area (Å²) in [4.78, 5) is 0. The van der Waals surface area contributed by atoms with E-state index < -0.39 is 6.04 Å². The van der Waals surface area contributed by atoms with Crippen LogP contribution in [-0.4, -0.2) is 7.11 Å². The second-order valence-electron chi connectivity index (χ2n) is 4.05. The Balaban J connectivity index is 2.37. The quantitative estimate of drug-likeness (QED) is 0.901. The first kappa shape index (κ1) is 14.3. The summed E-state index contributed by atoms with van der Waals surface area (Å²) in [6, 6.07) is 9.66. The Morgan fingerprint density at radius 3 is 2.47 bits per heavy atom. The Morgan fingerprint density at radius 1 is 1.21 bits per heavy atom. The Morgan fingerprint density at radius 2 is 1.84 bits per heavy atom. The summed E-state index contributed by atoms with van der Waals surface area (Å²) in [5.74, 6) is 0.209. The van der Waals surface area contributed by atoms with E-state index >= 15 is 0 Å². The zero-order chi connectivity index (χ0) is 14.0. The molecule has 1 atom stereocenters. The summed E-state index contributed by atoms with van der Waals surface area (Å²) in [6.07, 6.45) is 0. The van der Waals surface area contributed by atoms with Crippen molar-refractivity contribution in [1.82, 2.24) is 0 Å². The molecular formula is C14H12BrClFNO. The number of rotatable bonds is 3. The van der Waals surface area contributed by atoms with Crippen molar-refractivity contribution in [2.45, 2.75) is 6.04 Å². The van der Waals surface area contributed by atoms with Gasteiger partial charge in [-0.1, -0.05) is 23.7 Å². The van der Waals surface area contributed by atoms with Crippen molar-refractivity contribution in [2.24, 2.45) is 5.73 Å². The molecule has 2 rings (SSSR count). The van der Waals surface area contributed by atoms with E-state index in [2.05, 4.69) is 15.9 Å². The molecule has 0 amide bonds. The SMILES string of the molecule is COc1cc(C(N)c2ccc(Br)c(F)c2)ccc1Cl. The highest BCUT2D eigenvalue weighted by Gasteiger charge is 2.13. The van der Waals surface area contributed by atoms with Gasteiger partial charge in [-0.25, -0.2) is 4.39 Å². The first-order chi connectivity index (χ1) is 9.02. The molecule has 1 unspecified atom stereocenters. The van der Waals surface area contributed by atoms with E-state index in [0.717, 1.165) is 5.56 Å². The van der Waals surface area contributed by atoms with E-state index in [1.165, 1.54) is 13.2 Å². The molecule has 0 saturated heterocycles. The maximum atomic E-state index is 13.5. The van der Waals surface area contributed by atoms with Crippen LogP contribution in [0.5, 0.6) is 5.75 Å². The lowest BCUT2D eigenvalue weighted by atomic mass is 9.99. The van der Waals surface area contributed by atoms with Crippen LogP contribution in [0.1, 0.15) is 17.2 Å². The van der Waals surface area contributed by atoms with Crippen LogP contribution in [0, 0.1) is 5.82 Å². The van der Waals surface area contributed by atoms with Crippen molar-refractivity contribution in [3.05, 3.63) is 62.8 Å². The molecule has 2 aromatic rings. The monoisotopic (exact) mass is 343 g/mol. The molecule has 0 aromatic heterocycles. The number of hydrogen-bond acceptors (Lipinski definition) is 2. The first-order valence-corrected chi connectivity index (χ1v) is 6.74. The molecule has 0 aliphatic carbocycles. The van der Waals surface area contributed by atoms with E-state index in [1.54, 1.807) is 30.3 Å². The largest absolute Gasteiger partial charge is 0.495 e. The maximum absolute atomic E-state index is 13.5. The molecule has 0 saturated carbocycles. The summed E-state index contributed by atoms with van der Waals surface area (Å²) in [5.41, 5.74) is 7.62. The van der Waals surface area contributed by atoms with Crippen molar-refractivity contribution in [2.75, 3.05) is 7.11 Å². The zero-order valence-corrected chi connectivity index (χ0v) is 12.5. The van der Waals surface area contributed by atoms with Gasteiger partial charge in [0.2, 0.25) is 0 Å². The van der Waals surface area contributed by atoms with E-state index in [9.17, 15) is 4.39 Å². The third kappa shape index (κ3) is 3.08. The highest BCUT2D eigenvalue weighted by atomic mass is 79.9. The number of methoxy groups -OCH3 is 1. The van der Waals surface area contributed by atoms with Gasteiger partial charge in [-0.05, 0) is 51.3 Å². The van der Waals surface area contributed by atoms with Crippen LogP contribution in [0.2, 0.25) is 5.02 Å². The molecule has 0 fully saturated rings. The van der Waals surface area contributed by atoms with Crippen LogP contribution in [-0.2, 0) is 0 Å². The topological polar surface area (TPSA) is 35.2 Å². The highest BCUT2D eigenvalue weighted by molar-refractivity contribution is 9.10. The molecule has 0 aliphatic heterocycles. The molecule has 0 spiro atoms. The van der Waals surface area contributed by atoms with Gasteiger partial charge in [0.25, 0.3) is 0 Å². The third-order valence-electron chi connectivity index (χ3n) is 2.84. The summed E-state index contributed by atoms with van der Waals surface area (Å²) < 4.78 is 19.1. The minimum Gasteiger partial charge on any atom is -0.495 e. The lowest BCUT2D eigenvalue weighted by Crippen LogP contribution is -2.12. The fourth-order valence-corrected chi connectivity index (χ4v) is 2.21. The second kappa shape index (κ2) is 5.90. The molecular weight excluding hydrogens is 333 g/mol. The number of nitrogens with two attached hydrogens (primary N) is 1. The van der Waals surface area contributed by atoms with Gasteiger partial charge < -0.3 is 10.5 Å². The predicted molar refractivity (Wildman–Crippen MR) is 78.1 cm³/mol. The van der Waals surface area contributed by atoms with Crippen LogP contribution in [0.25, 0.3) is 0 Å². The Kier molecular flexibility index (Phi) is 4.45. The van der Waals surface area contributed by atoms with Gasteiger partial charge in [0.05, 0.1) is 22.6 Å². The smallest absolute Gasteiger partial charge is 0.137 e. The number of benzene rings is 2. The molecule has 5 heteroatoms. The lowest BCUT2D eigenvalue weighted by Gasteiger charge is -2.14. The predicted octanol–water partition coefficient (Wildman–Crippen LogP) is 4.30. The van der Waals surface area contributed by atoms with Gasteiger partial charge in [0.15, 0.2) is 0 Å². The Hall–Kier alpha value is -1.10. The van der Waals surface area contributed by atoms with Crippen LogP contribution < -0.4 is 10.5 Å². The summed E-state index contributed by atoms with van der Waals surface area (Å²) in [5, 5.41) is 0.514. The molecule has 2 aromatic carbocycles. The van der Waals surface area contributed by atoms with E-state index in [0.29, 0.717) is 20.8 Å². The van der Waals surface area contributed by atoms with E-state index in [-0.39, 0.29) is 5.82 Å². The van der Waals surface area contributed by atoms with Gasteiger partial charge in [-0.3, -0.25) is 0 Å². The first-order valence-electron chi connectivity index (χ1n) is 5.57. The van der Waals surface area contributed by atoms with Crippen LogP contribution in [0.3, 0.4) is 0 Å². The normalized spacial score (nSPS) is 12.3. The zero-order valence-electron chi connectivity index (χ0n) is 10.2. The molecule has 0 bridgehead atoms. The summed E-state index contributed by atoms with van der Waals surface area (Å²) in [6.45, 7) is 0. The molecule has 100 valence electrons. The summed E-state index contributed by atoms with van der Waals surface area (Å²) in [7, 11) is 1.54. The van der Waals surface area contributed by atoms with Crippen molar-refractivity contribution in [1.29, 1.82) is 0 Å². The highest BCUT2D eigenvalue weighted by Crippen LogP contribution is 2.30. The van der Waals surface area contributed by atoms with E-state index in [1.807, 2.05) is 0 Å². The van der Waals surface area contributed by atoms with Gasteiger partial charge in [0, 0.05) is 0 Å². The lowest BCUT2D eigenvalue weighted by molar-refractivity contribution is 0.414. The number of ether oxygens (including phenoxy) is 1. The average molecular weight is 345 g/mol. The molecule has 0 heterocycles. The van der Waals surface area contributed by atoms with Crippen molar-refractivity contribution in [3.8, 4) is 5.75 Å². The minimum absolute atomic E-state index is 0.339. The summed E-state index contributed by atoms with van der Waals surface area (Å²) >= 11 is 9.07. The van der Waals surface area contributed by atoms with Crippen LogP contribution >= 0.6 is 27.5 Å². The van der Waals surface area contributed by atoms with Gasteiger partial charge >= 0.3 is 0 Å². The molecule has 2 N–H and O–H groups in total. The molecule has 19 heavy (non-hydrogen) atoms. The van der Waals surface area contributed by atoms with Gasteiger partial charge in [-0.2, -0.15) is 0 Å². The maximum Gasteiger partial charge on any atom is 0.137 e. The van der Waals surface area contributed by atoms with Crippen LogP contribution in [0.4, 0.5) is 4.39 Å². The molecule has 2 nitrogen and oxygen atoms in total. The fourth-order valence-electron chi connectivity index (χ4n) is 1.77. The van der Waals surface area contributed by atoms with Crippen molar-refractivity contribution in [3.63, 3.8) is 0 Å². The Bertz CT molecular complexity index is 606. The van der Waals surface area contributed by atoms with Crippen molar-refractivity contribution >= 4 is 27.5 Å². The standard InChI is InChI=1S/C14H12BrClFNO/c1-19-13-7-9(3-5-11(13)16)14(18)8-2-4-10(15)12(17)6-8/h2-7,14H,18H2,1H3. The molecule has 0 aliphatic rings. The Labute approximate surface area is 124 Å². The minimum atomic E-state index is -0.436. The average Bonchev–Trinajstić information content (AvgIpc) is 2.41. The molecule has 0 radical (unpaired) electrons. The number of hydrogen-bond donors (Lipinski definition) is 1. The van der Waals surface area contributed by atoms with Gasteiger partial charge in [0.1, 0.15) is 11.6 Å². The van der Waals surface area contributed by atoms with Crippen LogP contribution in [0.15, 0.2) is 40.9 Å². The van der Waals surface area contributed by atoms with Gasteiger partial charge in [-0.15, -0.1) is 0 Å².